The Hall–Kier alpha value is -1.22. The normalized spacial score (nSPS) is 10.4. The third-order valence-corrected chi connectivity index (χ3v) is 2.59. The van der Waals surface area contributed by atoms with Crippen LogP contribution in [0.15, 0.2) is 24.3 Å². The lowest BCUT2D eigenvalue weighted by molar-refractivity contribution is -0.118. The molecule has 0 saturated carbocycles. The van der Waals surface area contributed by atoms with Crippen LogP contribution in [0.5, 0.6) is 5.75 Å². The molecule has 0 aromatic heterocycles. The molecular formula is C13H18ClNO2. The van der Waals surface area contributed by atoms with Gasteiger partial charge in [-0.25, -0.2) is 0 Å². The van der Waals surface area contributed by atoms with Gasteiger partial charge in [0.1, 0.15) is 18.2 Å². The molecule has 0 saturated heterocycles. The van der Waals surface area contributed by atoms with Crippen molar-refractivity contribution in [2.24, 2.45) is 0 Å². The number of alkyl halides is 1. The quantitative estimate of drug-likeness (QED) is 0.627. The number of rotatable bonds is 6. The summed E-state index contributed by atoms with van der Waals surface area (Å²) < 4.78 is 5.64. The van der Waals surface area contributed by atoms with Crippen LogP contribution in [-0.2, 0) is 4.79 Å². The molecule has 0 spiro atoms. The van der Waals surface area contributed by atoms with Crippen LogP contribution in [0.2, 0.25) is 0 Å². The molecule has 0 bridgehead atoms. The minimum absolute atomic E-state index is 0.0113. The maximum absolute atomic E-state index is 10.9. The van der Waals surface area contributed by atoms with Crippen LogP contribution in [0, 0.1) is 0 Å². The zero-order valence-corrected chi connectivity index (χ0v) is 11.0. The highest BCUT2D eigenvalue weighted by atomic mass is 35.5. The van der Waals surface area contributed by atoms with Gasteiger partial charge in [0.25, 0.3) is 0 Å². The van der Waals surface area contributed by atoms with Gasteiger partial charge in [0.05, 0.1) is 6.54 Å². The van der Waals surface area contributed by atoms with Gasteiger partial charge in [-0.05, 0) is 17.5 Å². The predicted octanol–water partition coefficient (Wildman–Crippen LogP) is 2.54. The molecule has 0 aliphatic heterocycles. The molecule has 1 aromatic rings. The fourth-order valence-corrected chi connectivity index (χ4v) is 1.58. The first-order valence-electron chi connectivity index (χ1n) is 5.69. The fraction of sp³-hybridized carbons (Fsp3) is 0.462. The Morgan fingerprint density at radius 3 is 2.76 bits per heavy atom. The van der Waals surface area contributed by atoms with E-state index in [0.29, 0.717) is 19.1 Å². The van der Waals surface area contributed by atoms with E-state index in [1.54, 1.807) is 0 Å². The first-order valence-corrected chi connectivity index (χ1v) is 6.23. The molecule has 1 rings (SSSR count). The molecular weight excluding hydrogens is 238 g/mol. The number of hydrogen-bond acceptors (Lipinski definition) is 2. The minimum atomic E-state index is -0.174. The van der Waals surface area contributed by atoms with Crippen molar-refractivity contribution < 1.29 is 9.53 Å². The molecule has 1 amide bonds. The largest absolute Gasteiger partial charge is 0.491 e. The Morgan fingerprint density at radius 2 is 2.12 bits per heavy atom. The van der Waals surface area contributed by atoms with Crippen molar-refractivity contribution in [3.05, 3.63) is 29.8 Å². The highest BCUT2D eigenvalue weighted by molar-refractivity contribution is 6.27. The molecule has 94 valence electrons. The van der Waals surface area contributed by atoms with Crippen molar-refractivity contribution >= 4 is 17.5 Å². The Balaban J connectivity index is 2.44. The Bertz CT molecular complexity index is 366. The molecule has 3 nitrogen and oxygen atoms in total. The predicted molar refractivity (Wildman–Crippen MR) is 69.8 cm³/mol. The number of hydrogen-bond donors (Lipinski definition) is 1. The molecule has 1 aromatic carbocycles. The third kappa shape index (κ3) is 4.65. The number of carbonyl (C=O) groups excluding carboxylic acids is 1. The summed E-state index contributed by atoms with van der Waals surface area (Å²) in [6.07, 6.45) is 0. The highest BCUT2D eigenvalue weighted by Gasteiger charge is 2.06. The summed E-state index contributed by atoms with van der Waals surface area (Å²) in [5.41, 5.74) is 1.18. The molecule has 0 radical (unpaired) electrons. The van der Waals surface area contributed by atoms with E-state index in [1.807, 2.05) is 18.2 Å². The van der Waals surface area contributed by atoms with Gasteiger partial charge in [0.2, 0.25) is 5.91 Å². The van der Waals surface area contributed by atoms with E-state index in [9.17, 15) is 4.79 Å². The third-order valence-electron chi connectivity index (χ3n) is 2.34. The second kappa shape index (κ2) is 7.17. The number of nitrogens with one attached hydrogen (secondary N) is 1. The monoisotopic (exact) mass is 255 g/mol. The second-order valence-corrected chi connectivity index (χ2v) is 4.29. The van der Waals surface area contributed by atoms with E-state index in [-0.39, 0.29) is 11.8 Å². The first kappa shape index (κ1) is 13.8. The number of amides is 1. The van der Waals surface area contributed by atoms with Crippen molar-refractivity contribution in [3.63, 3.8) is 0 Å². The van der Waals surface area contributed by atoms with Gasteiger partial charge in [-0.15, -0.1) is 11.6 Å². The van der Waals surface area contributed by atoms with E-state index in [4.69, 9.17) is 16.3 Å². The van der Waals surface area contributed by atoms with E-state index in [1.165, 1.54) is 5.56 Å². The van der Waals surface area contributed by atoms with Crippen LogP contribution in [0.25, 0.3) is 0 Å². The van der Waals surface area contributed by atoms with Crippen LogP contribution in [0.1, 0.15) is 25.3 Å². The maximum atomic E-state index is 10.9. The molecule has 0 aliphatic rings. The van der Waals surface area contributed by atoms with Crippen LogP contribution in [0.3, 0.4) is 0 Å². The topological polar surface area (TPSA) is 38.3 Å². The molecule has 17 heavy (non-hydrogen) atoms. The summed E-state index contributed by atoms with van der Waals surface area (Å²) >= 11 is 5.36. The van der Waals surface area contributed by atoms with E-state index < -0.39 is 0 Å². The van der Waals surface area contributed by atoms with Crippen LogP contribution < -0.4 is 10.1 Å². The molecule has 0 aliphatic carbocycles. The van der Waals surface area contributed by atoms with Crippen molar-refractivity contribution in [1.82, 2.24) is 5.32 Å². The standard InChI is InChI=1S/C13H18ClNO2/c1-10(2)11-5-3-4-6-12(11)17-8-7-15-13(16)9-14/h3-6,10H,7-9H2,1-2H3,(H,15,16). The Labute approximate surface area is 107 Å². The van der Waals surface area contributed by atoms with Gasteiger partial charge in [-0.3, -0.25) is 4.79 Å². The minimum Gasteiger partial charge on any atom is -0.491 e. The van der Waals surface area contributed by atoms with Gasteiger partial charge in [0.15, 0.2) is 0 Å². The molecule has 0 fully saturated rings. The summed E-state index contributed by atoms with van der Waals surface area (Å²) in [6.45, 7) is 5.17. The van der Waals surface area contributed by atoms with Crippen LogP contribution in [-0.4, -0.2) is 24.9 Å². The number of carbonyl (C=O) groups is 1. The summed E-state index contributed by atoms with van der Waals surface area (Å²) in [5.74, 6) is 1.11. The lowest BCUT2D eigenvalue weighted by atomic mass is 10.0. The van der Waals surface area contributed by atoms with E-state index in [2.05, 4.69) is 25.2 Å². The summed E-state index contributed by atoms with van der Waals surface area (Å²) in [4.78, 5) is 10.9. The van der Waals surface area contributed by atoms with Gasteiger partial charge < -0.3 is 10.1 Å². The zero-order chi connectivity index (χ0) is 12.7. The number of halogens is 1. The lowest BCUT2D eigenvalue weighted by Gasteiger charge is -2.13. The van der Waals surface area contributed by atoms with E-state index in [0.717, 1.165) is 5.75 Å². The summed E-state index contributed by atoms with van der Waals surface area (Å²) in [6, 6.07) is 7.94. The lowest BCUT2D eigenvalue weighted by Crippen LogP contribution is -2.28. The smallest absolute Gasteiger partial charge is 0.235 e. The van der Waals surface area contributed by atoms with Crippen molar-refractivity contribution in [2.75, 3.05) is 19.0 Å². The number of ether oxygens (including phenoxy) is 1. The van der Waals surface area contributed by atoms with Gasteiger partial charge >= 0.3 is 0 Å². The Morgan fingerprint density at radius 1 is 1.41 bits per heavy atom. The molecule has 0 heterocycles. The molecule has 1 N–H and O–H groups in total. The van der Waals surface area contributed by atoms with Crippen LogP contribution >= 0.6 is 11.6 Å². The summed E-state index contributed by atoms with van der Waals surface area (Å²) in [7, 11) is 0. The molecule has 4 heteroatoms. The van der Waals surface area contributed by atoms with E-state index >= 15 is 0 Å². The maximum Gasteiger partial charge on any atom is 0.235 e. The van der Waals surface area contributed by atoms with Gasteiger partial charge in [-0.1, -0.05) is 32.0 Å². The number of benzene rings is 1. The summed E-state index contributed by atoms with van der Waals surface area (Å²) in [5, 5.41) is 2.66. The number of para-hydroxylation sites is 1. The average Bonchev–Trinajstić information content (AvgIpc) is 2.34. The van der Waals surface area contributed by atoms with Crippen LogP contribution in [0.4, 0.5) is 0 Å². The molecule has 0 unspecified atom stereocenters. The fourth-order valence-electron chi connectivity index (χ4n) is 1.49. The zero-order valence-electron chi connectivity index (χ0n) is 10.2. The van der Waals surface area contributed by atoms with Gasteiger partial charge in [0, 0.05) is 0 Å². The second-order valence-electron chi connectivity index (χ2n) is 4.02. The SMILES string of the molecule is CC(C)c1ccccc1OCCNC(=O)CCl. The van der Waals surface area contributed by atoms with Crippen molar-refractivity contribution in [1.29, 1.82) is 0 Å². The van der Waals surface area contributed by atoms with Crippen molar-refractivity contribution in [3.8, 4) is 5.75 Å². The van der Waals surface area contributed by atoms with Gasteiger partial charge in [-0.2, -0.15) is 0 Å². The molecule has 0 atom stereocenters. The van der Waals surface area contributed by atoms with Crippen molar-refractivity contribution in [2.45, 2.75) is 19.8 Å². The average molecular weight is 256 g/mol. The first-order chi connectivity index (χ1) is 8.15. The Kier molecular flexibility index (Phi) is 5.84. The highest BCUT2D eigenvalue weighted by Crippen LogP contribution is 2.25.